The molecule has 1 amide bonds. The Morgan fingerprint density at radius 3 is 2.25 bits per heavy atom. The molecule has 1 unspecified atom stereocenters. The zero-order valence-electron chi connectivity index (χ0n) is 16.9. The zero-order chi connectivity index (χ0) is 21.1. The van der Waals surface area contributed by atoms with Crippen LogP contribution in [0.5, 0.6) is 0 Å². The number of halogens is 1. The molecule has 0 saturated heterocycles. The fourth-order valence-electron chi connectivity index (χ4n) is 2.91. The van der Waals surface area contributed by atoms with Crippen LogP contribution in [0.25, 0.3) is 0 Å². The lowest BCUT2D eigenvalue weighted by Crippen LogP contribution is -2.41. The molecule has 0 aliphatic carbocycles. The van der Waals surface area contributed by atoms with Gasteiger partial charge in [0.15, 0.2) is 0 Å². The number of benzene rings is 2. The number of nitrogens with one attached hydrogen (secondary N) is 1. The molecule has 0 saturated carbocycles. The van der Waals surface area contributed by atoms with Crippen molar-refractivity contribution in [1.82, 2.24) is 5.32 Å². The van der Waals surface area contributed by atoms with Crippen LogP contribution in [0.4, 0.5) is 5.69 Å². The Bertz CT molecular complexity index is 974. The van der Waals surface area contributed by atoms with Crippen LogP contribution in [-0.2, 0) is 14.8 Å². The second-order valence-corrected chi connectivity index (χ2v) is 9.39. The van der Waals surface area contributed by atoms with Crippen molar-refractivity contribution in [2.24, 2.45) is 0 Å². The van der Waals surface area contributed by atoms with Gasteiger partial charge in [-0.2, -0.15) is 0 Å². The SMILES string of the molecule is CCC(NC(=O)CN(c1ccc(C)c(Cl)c1)S(C)(=O)=O)c1ccc(C)c(C)c1. The van der Waals surface area contributed by atoms with E-state index >= 15 is 0 Å². The molecule has 0 heterocycles. The van der Waals surface area contributed by atoms with Crippen LogP contribution in [0.2, 0.25) is 5.02 Å². The summed E-state index contributed by atoms with van der Waals surface area (Å²) in [5.41, 5.74) is 4.54. The zero-order valence-corrected chi connectivity index (χ0v) is 18.5. The van der Waals surface area contributed by atoms with Gasteiger partial charge in [-0.25, -0.2) is 8.42 Å². The molecule has 28 heavy (non-hydrogen) atoms. The van der Waals surface area contributed by atoms with E-state index in [-0.39, 0.29) is 18.5 Å². The van der Waals surface area contributed by atoms with Gasteiger partial charge in [0.2, 0.25) is 15.9 Å². The van der Waals surface area contributed by atoms with Gasteiger partial charge in [-0.15, -0.1) is 0 Å². The van der Waals surface area contributed by atoms with E-state index in [0.717, 1.165) is 27.3 Å². The highest BCUT2D eigenvalue weighted by Crippen LogP contribution is 2.25. The molecule has 2 rings (SSSR count). The summed E-state index contributed by atoms with van der Waals surface area (Å²) in [6, 6.07) is 10.8. The van der Waals surface area contributed by atoms with E-state index in [1.165, 1.54) is 5.56 Å². The van der Waals surface area contributed by atoms with Crippen molar-refractivity contribution in [3.63, 3.8) is 0 Å². The molecule has 1 N–H and O–H groups in total. The minimum atomic E-state index is -3.65. The Kier molecular flexibility index (Phi) is 7.12. The van der Waals surface area contributed by atoms with E-state index in [9.17, 15) is 13.2 Å². The van der Waals surface area contributed by atoms with Crippen molar-refractivity contribution in [2.75, 3.05) is 17.1 Å². The Morgan fingerprint density at radius 2 is 1.71 bits per heavy atom. The molecule has 0 bridgehead atoms. The van der Waals surface area contributed by atoms with E-state index in [2.05, 4.69) is 11.4 Å². The molecule has 0 spiro atoms. The molecule has 0 aromatic heterocycles. The first-order chi connectivity index (χ1) is 13.0. The van der Waals surface area contributed by atoms with Crippen LogP contribution < -0.4 is 9.62 Å². The van der Waals surface area contributed by atoms with Crippen LogP contribution >= 0.6 is 11.6 Å². The van der Waals surface area contributed by atoms with Gasteiger partial charge in [-0.05, 0) is 61.6 Å². The lowest BCUT2D eigenvalue weighted by Gasteiger charge is -2.24. The summed E-state index contributed by atoms with van der Waals surface area (Å²) >= 11 is 6.14. The van der Waals surface area contributed by atoms with E-state index in [4.69, 9.17) is 11.6 Å². The van der Waals surface area contributed by atoms with Crippen molar-refractivity contribution in [1.29, 1.82) is 0 Å². The summed E-state index contributed by atoms with van der Waals surface area (Å²) in [6.07, 6.45) is 1.78. The summed E-state index contributed by atoms with van der Waals surface area (Å²) in [5.74, 6) is -0.368. The van der Waals surface area contributed by atoms with Crippen molar-refractivity contribution in [3.8, 4) is 0 Å². The molecule has 0 aliphatic rings. The van der Waals surface area contributed by atoms with Gasteiger partial charge in [0.05, 0.1) is 18.0 Å². The smallest absolute Gasteiger partial charge is 0.241 e. The van der Waals surface area contributed by atoms with Crippen molar-refractivity contribution >= 4 is 33.2 Å². The minimum absolute atomic E-state index is 0.185. The van der Waals surface area contributed by atoms with Gasteiger partial charge >= 0.3 is 0 Å². The number of carbonyl (C=O) groups excluding carboxylic acids is 1. The summed E-state index contributed by atoms with van der Waals surface area (Å²) in [7, 11) is -3.65. The normalized spacial score (nSPS) is 12.5. The van der Waals surface area contributed by atoms with Gasteiger partial charge in [0.1, 0.15) is 6.54 Å². The maximum Gasteiger partial charge on any atom is 0.241 e. The second-order valence-electron chi connectivity index (χ2n) is 7.08. The van der Waals surface area contributed by atoms with Gasteiger partial charge in [0, 0.05) is 5.02 Å². The molecule has 0 fully saturated rings. The number of amides is 1. The van der Waals surface area contributed by atoms with Crippen molar-refractivity contribution < 1.29 is 13.2 Å². The maximum absolute atomic E-state index is 12.7. The Labute approximate surface area is 172 Å². The molecule has 1 atom stereocenters. The lowest BCUT2D eigenvalue weighted by atomic mass is 9.99. The van der Waals surface area contributed by atoms with E-state index < -0.39 is 10.0 Å². The minimum Gasteiger partial charge on any atom is -0.348 e. The number of anilines is 1. The van der Waals surface area contributed by atoms with Gasteiger partial charge in [0.25, 0.3) is 0 Å². The van der Waals surface area contributed by atoms with Crippen molar-refractivity contribution in [2.45, 2.75) is 40.2 Å². The standard InChI is InChI=1S/C21H27ClN2O3S/c1-6-20(17-9-7-14(2)16(4)11-17)23-21(25)13-24(28(5,26)27)18-10-8-15(3)19(22)12-18/h7-12,20H,6,13H2,1-5H3,(H,23,25). The molecule has 2 aromatic carbocycles. The van der Waals surface area contributed by atoms with Gasteiger partial charge in [-0.3, -0.25) is 9.10 Å². The fraction of sp³-hybridized carbons (Fsp3) is 0.381. The maximum atomic E-state index is 12.7. The number of nitrogens with zero attached hydrogens (tertiary/aromatic N) is 1. The quantitative estimate of drug-likeness (QED) is 0.723. The number of sulfonamides is 1. The summed E-state index contributed by atoms with van der Waals surface area (Å²) in [5, 5.41) is 3.40. The highest BCUT2D eigenvalue weighted by Gasteiger charge is 2.23. The highest BCUT2D eigenvalue weighted by molar-refractivity contribution is 7.92. The predicted octanol–water partition coefficient (Wildman–Crippen LogP) is 4.30. The average molecular weight is 423 g/mol. The summed E-state index contributed by atoms with van der Waals surface area (Å²) in [4.78, 5) is 12.7. The molecule has 0 radical (unpaired) electrons. The molecule has 0 aliphatic heterocycles. The molecule has 7 heteroatoms. The molecule has 2 aromatic rings. The molecule has 152 valence electrons. The van der Waals surface area contributed by atoms with E-state index in [1.807, 2.05) is 39.8 Å². The molecule has 5 nitrogen and oxygen atoms in total. The summed E-state index contributed by atoms with van der Waals surface area (Å²) in [6.45, 7) is 7.57. The topological polar surface area (TPSA) is 66.5 Å². The third-order valence-corrected chi connectivity index (χ3v) is 6.36. The number of rotatable bonds is 7. The third kappa shape index (κ3) is 5.49. The van der Waals surface area contributed by atoms with Crippen LogP contribution in [0.15, 0.2) is 36.4 Å². The van der Waals surface area contributed by atoms with Crippen LogP contribution in [0.3, 0.4) is 0 Å². The monoisotopic (exact) mass is 422 g/mol. The Morgan fingerprint density at radius 1 is 1.07 bits per heavy atom. The lowest BCUT2D eigenvalue weighted by molar-refractivity contribution is -0.120. The summed E-state index contributed by atoms with van der Waals surface area (Å²) < 4.78 is 25.6. The van der Waals surface area contributed by atoms with Gasteiger partial charge < -0.3 is 5.32 Å². The number of hydrogen-bond acceptors (Lipinski definition) is 3. The largest absolute Gasteiger partial charge is 0.348 e. The van der Waals surface area contributed by atoms with Crippen LogP contribution in [-0.4, -0.2) is 27.1 Å². The predicted molar refractivity (Wildman–Crippen MR) is 115 cm³/mol. The van der Waals surface area contributed by atoms with Crippen LogP contribution in [0.1, 0.15) is 41.6 Å². The van der Waals surface area contributed by atoms with Crippen LogP contribution in [0, 0.1) is 20.8 Å². The van der Waals surface area contributed by atoms with Crippen molar-refractivity contribution in [3.05, 3.63) is 63.7 Å². The Hall–Kier alpha value is -2.05. The van der Waals surface area contributed by atoms with E-state index in [0.29, 0.717) is 17.1 Å². The fourth-order valence-corrected chi connectivity index (χ4v) is 3.93. The number of aryl methyl sites for hydroxylation is 3. The number of hydrogen-bond donors (Lipinski definition) is 1. The second kappa shape index (κ2) is 8.97. The first-order valence-corrected chi connectivity index (χ1v) is 11.4. The first kappa shape index (κ1) is 22.2. The van der Waals surface area contributed by atoms with Gasteiger partial charge in [-0.1, -0.05) is 42.8 Å². The third-order valence-electron chi connectivity index (χ3n) is 4.81. The number of carbonyl (C=O) groups is 1. The average Bonchev–Trinajstić information content (AvgIpc) is 2.61. The molecular weight excluding hydrogens is 396 g/mol. The van der Waals surface area contributed by atoms with E-state index in [1.54, 1.807) is 18.2 Å². The highest BCUT2D eigenvalue weighted by atomic mass is 35.5. The molecular formula is C21H27ClN2O3S. The Balaban J connectivity index is 2.22. The first-order valence-electron chi connectivity index (χ1n) is 9.13.